The molecule has 0 atom stereocenters. The Bertz CT molecular complexity index is 623. The lowest BCUT2D eigenvalue weighted by Crippen LogP contribution is -2.39. The summed E-state index contributed by atoms with van der Waals surface area (Å²) in [5.74, 6) is 0.897. The number of anilines is 1. The molecule has 1 aliphatic heterocycles. The van der Waals surface area contributed by atoms with E-state index in [0.29, 0.717) is 0 Å². The average Bonchev–Trinajstić information content (AvgIpc) is 2.48. The molecule has 3 rings (SSSR count). The first-order valence-electron chi connectivity index (χ1n) is 7.51. The lowest BCUT2D eigenvalue weighted by molar-refractivity contribution is 0.0398. The summed E-state index contributed by atoms with van der Waals surface area (Å²) in [7, 11) is 0. The summed E-state index contributed by atoms with van der Waals surface area (Å²) in [6.07, 6.45) is 0. The molecule has 0 radical (unpaired) electrons. The highest BCUT2D eigenvalue weighted by molar-refractivity contribution is 5.80. The molecule has 0 aliphatic carbocycles. The van der Waals surface area contributed by atoms with Crippen LogP contribution in [0.3, 0.4) is 0 Å². The van der Waals surface area contributed by atoms with E-state index in [0.717, 1.165) is 61.9 Å². The number of nitrogens with one attached hydrogen (secondary N) is 1. The second kappa shape index (κ2) is 6.37. The van der Waals surface area contributed by atoms with Crippen LogP contribution in [-0.2, 0) is 4.74 Å². The van der Waals surface area contributed by atoms with Crippen LogP contribution in [0.25, 0.3) is 11.0 Å². The van der Waals surface area contributed by atoms with E-state index < -0.39 is 0 Å². The third-order valence-electron chi connectivity index (χ3n) is 3.85. The highest BCUT2D eigenvalue weighted by Crippen LogP contribution is 2.18. The molecular formula is C16H22N4O. The Balaban J connectivity index is 1.64. The van der Waals surface area contributed by atoms with E-state index in [-0.39, 0.29) is 0 Å². The fourth-order valence-electron chi connectivity index (χ4n) is 2.70. The maximum atomic E-state index is 5.35. The van der Waals surface area contributed by atoms with Gasteiger partial charge >= 0.3 is 0 Å². The van der Waals surface area contributed by atoms with Gasteiger partial charge in [0.05, 0.1) is 13.2 Å². The SMILES string of the molecule is Cc1cc(C)c2ccc(NCCN3CCOCC3)nc2n1. The van der Waals surface area contributed by atoms with Gasteiger partial charge in [-0.3, -0.25) is 4.90 Å². The van der Waals surface area contributed by atoms with Crippen LogP contribution in [0.5, 0.6) is 0 Å². The average molecular weight is 286 g/mol. The van der Waals surface area contributed by atoms with Crippen molar-refractivity contribution < 1.29 is 4.74 Å². The number of morpholine rings is 1. The van der Waals surface area contributed by atoms with Gasteiger partial charge in [-0.1, -0.05) is 0 Å². The van der Waals surface area contributed by atoms with E-state index >= 15 is 0 Å². The fraction of sp³-hybridized carbons (Fsp3) is 0.500. The molecular weight excluding hydrogens is 264 g/mol. The Labute approximate surface area is 125 Å². The molecule has 0 spiro atoms. The second-order valence-electron chi connectivity index (χ2n) is 5.53. The zero-order valence-electron chi connectivity index (χ0n) is 12.7. The standard InChI is InChI=1S/C16H22N4O/c1-12-11-13(2)18-16-14(12)3-4-15(19-16)17-5-6-20-7-9-21-10-8-20/h3-4,11H,5-10H2,1-2H3,(H,17,18,19). The summed E-state index contributed by atoms with van der Waals surface area (Å²) < 4.78 is 5.35. The van der Waals surface area contributed by atoms with Gasteiger partial charge in [0.15, 0.2) is 5.65 Å². The van der Waals surface area contributed by atoms with Gasteiger partial charge < -0.3 is 10.1 Å². The van der Waals surface area contributed by atoms with Crippen molar-refractivity contribution in [2.24, 2.45) is 0 Å². The van der Waals surface area contributed by atoms with Crippen LogP contribution >= 0.6 is 0 Å². The second-order valence-corrected chi connectivity index (χ2v) is 5.53. The van der Waals surface area contributed by atoms with Crippen LogP contribution < -0.4 is 5.32 Å². The highest BCUT2D eigenvalue weighted by Gasteiger charge is 2.09. The van der Waals surface area contributed by atoms with E-state index in [2.05, 4.69) is 39.2 Å². The molecule has 0 bridgehead atoms. The Kier molecular flexibility index (Phi) is 4.31. The van der Waals surface area contributed by atoms with Gasteiger partial charge in [-0.25, -0.2) is 9.97 Å². The van der Waals surface area contributed by atoms with Crippen LogP contribution in [0.15, 0.2) is 18.2 Å². The minimum Gasteiger partial charge on any atom is -0.379 e. The van der Waals surface area contributed by atoms with Crippen molar-refractivity contribution in [3.8, 4) is 0 Å². The molecule has 1 fully saturated rings. The normalized spacial score (nSPS) is 16.3. The van der Waals surface area contributed by atoms with E-state index in [1.165, 1.54) is 5.56 Å². The minimum absolute atomic E-state index is 0.823. The monoisotopic (exact) mass is 286 g/mol. The third-order valence-corrected chi connectivity index (χ3v) is 3.85. The number of hydrogen-bond acceptors (Lipinski definition) is 5. The summed E-state index contributed by atoms with van der Waals surface area (Å²) in [6, 6.07) is 6.22. The molecule has 112 valence electrons. The van der Waals surface area contributed by atoms with E-state index in [9.17, 15) is 0 Å². The predicted octanol–water partition coefficient (Wildman–Crippen LogP) is 1.99. The summed E-state index contributed by atoms with van der Waals surface area (Å²) >= 11 is 0. The van der Waals surface area contributed by atoms with Gasteiger partial charge in [0.25, 0.3) is 0 Å². The number of pyridine rings is 2. The van der Waals surface area contributed by atoms with Crippen LogP contribution in [0.4, 0.5) is 5.82 Å². The van der Waals surface area contributed by atoms with Gasteiger partial charge in [-0.15, -0.1) is 0 Å². The van der Waals surface area contributed by atoms with Gasteiger partial charge in [0.2, 0.25) is 0 Å². The first-order chi connectivity index (χ1) is 10.2. The molecule has 5 nitrogen and oxygen atoms in total. The number of aromatic nitrogens is 2. The van der Waals surface area contributed by atoms with Crippen LogP contribution in [0, 0.1) is 13.8 Å². The van der Waals surface area contributed by atoms with E-state index in [4.69, 9.17) is 4.74 Å². The Morgan fingerprint density at radius 1 is 1.19 bits per heavy atom. The van der Waals surface area contributed by atoms with Crippen molar-refractivity contribution in [1.29, 1.82) is 0 Å². The topological polar surface area (TPSA) is 50.3 Å². The number of rotatable bonds is 4. The Hall–Kier alpha value is -1.72. The van der Waals surface area contributed by atoms with Crippen molar-refractivity contribution in [1.82, 2.24) is 14.9 Å². The zero-order chi connectivity index (χ0) is 14.7. The van der Waals surface area contributed by atoms with Crippen molar-refractivity contribution in [2.45, 2.75) is 13.8 Å². The molecule has 1 N–H and O–H groups in total. The molecule has 0 amide bonds. The number of fused-ring (bicyclic) bond motifs is 1. The van der Waals surface area contributed by atoms with Crippen LogP contribution in [-0.4, -0.2) is 54.3 Å². The van der Waals surface area contributed by atoms with Crippen molar-refractivity contribution in [3.63, 3.8) is 0 Å². The van der Waals surface area contributed by atoms with E-state index in [1.54, 1.807) is 0 Å². The summed E-state index contributed by atoms with van der Waals surface area (Å²) in [5, 5.41) is 4.51. The number of aryl methyl sites for hydroxylation is 2. The van der Waals surface area contributed by atoms with Crippen molar-refractivity contribution >= 4 is 16.9 Å². The lowest BCUT2D eigenvalue weighted by Gasteiger charge is -2.26. The summed E-state index contributed by atoms with van der Waals surface area (Å²) in [5.41, 5.74) is 3.06. The largest absolute Gasteiger partial charge is 0.379 e. The maximum absolute atomic E-state index is 5.35. The van der Waals surface area contributed by atoms with Crippen LogP contribution in [0.2, 0.25) is 0 Å². The highest BCUT2D eigenvalue weighted by atomic mass is 16.5. The molecule has 1 aliphatic rings. The van der Waals surface area contributed by atoms with Gasteiger partial charge in [0, 0.05) is 37.3 Å². The molecule has 0 unspecified atom stereocenters. The molecule has 5 heteroatoms. The van der Waals surface area contributed by atoms with Gasteiger partial charge in [-0.05, 0) is 37.6 Å². The number of hydrogen-bond donors (Lipinski definition) is 1. The predicted molar refractivity (Wildman–Crippen MR) is 84.8 cm³/mol. The Morgan fingerprint density at radius 3 is 2.81 bits per heavy atom. The molecule has 2 aromatic rings. The first kappa shape index (κ1) is 14.2. The molecule has 2 aromatic heterocycles. The first-order valence-corrected chi connectivity index (χ1v) is 7.51. The molecule has 1 saturated heterocycles. The molecule has 0 aromatic carbocycles. The van der Waals surface area contributed by atoms with Gasteiger partial charge in [-0.2, -0.15) is 0 Å². The quantitative estimate of drug-likeness (QED) is 0.931. The molecule has 21 heavy (non-hydrogen) atoms. The fourth-order valence-corrected chi connectivity index (χ4v) is 2.70. The lowest BCUT2D eigenvalue weighted by atomic mass is 10.1. The smallest absolute Gasteiger partial charge is 0.162 e. The van der Waals surface area contributed by atoms with Crippen LogP contribution in [0.1, 0.15) is 11.3 Å². The number of nitrogens with zero attached hydrogens (tertiary/aromatic N) is 3. The Morgan fingerprint density at radius 2 is 2.00 bits per heavy atom. The van der Waals surface area contributed by atoms with E-state index in [1.807, 2.05) is 13.0 Å². The van der Waals surface area contributed by atoms with Crippen molar-refractivity contribution in [2.75, 3.05) is 44.7 Å². The third kappa shape index (κ3) is 3.49. The number of ether oxygens (including phenoxy) is 1. The summed E-state index contributed by atoms with van der Waals surface area (Å²) in [4.78, 5) is 11.5. The van der Waals surface area contributed by atoms with Crippen molar-refractivity contribution in [3.05, 3.63) is 29.5 Å². The zero-order valence-corrected chi connectivity index (χ0v) is 12.7. The maximum Gasteiger partial charge on any atom is 0.162 e. The summed E-state index contributed by atoms with van der Waals surface area (Å²) in [6.45, 7) is 9.75. The molecule has 3 heterocycles. The van der Waals surface area contributed by atoms with Gasteiger partial charge in [0.1, 0.15) is 5.82 Å². The molecule has 0 saturated carbocycles. The minimum atomic E-state index is 0.823.